The van der Waals surface area contributed by atoms with E-state index in [1.165, 1.54) is 16.1 Å². The molecule has 4 rings (SSSR count). The first-order valence-corrected chi connectivity index (χ1v) is 12.9. The highest BCUT2D eigenvalue weighted by molar-refractivity contribution is 7.99. The Balaban J connectivity index is 1.59. The summed E-state index contributed by atoms with van der Waals surface area (Å²) in [5.41, 5.74) is 1.26. The second-order valence-corrected chi connectivity index (χ2v) is 10.2. The summed E-state index contributed by atoms with van der Waals surface area (Å²) in [4.78, 5) is 12.7. The molecule has 0 bridgehead atoms. The summed E-state index contributed by atoms with van der Waals surface area (Å²) in [5.74, 6) is 0.725. The van der Waals surface area contributed by atoms with E-state index in [-0.39, 0.29) is 16.4 Å². The highest BCUT2D eigenvalue weighted by atomic mass is 32.2. The van der Waals surface area contributed by atoms with Gasteiger partial charge in [-0.2, -0.15) is 4.31 Å². The molecule has 1 aromatic heterocycles. The number of hydrogen-bond acceptors (Lipinski definition) is 7. The fourth-order valence-corrected chi connectivity index (χ4v) is 5.77. The third-order valence-corrected chi connectivity index (χ3v) is 8.02. The van der Waals surface area contributed by atoms with E-state index in [4.69, 9.17) is 4.74 Å². The first kappa shape index (κ1) is 23.4. The Morgan fingerprint density at radius 2 is 1.85 bits per heavy atom. The maximum atomic E-state index is 13.1. The van der Waals surface area contributed by atoms with Crippen LogP contribution in [0.3, 0.4) is 0 Å². The molecule has 0 unspecified atom stereocenters. The van der Waals surface area contributed by atoms with Gasteiger partial charge in [0.1, 0.15) is 0 Å². The molecule has 0 amide bonds. The van der Waals surface area contributed by atoms with Gasteiger partial charge >= 0.3 is 0 Å². The number of sulfonamides is 1. The second-order valence-electron chi connectivity index (χ2n) is 7.33. The minimum Gasteiger partial charge on any atom is -0.379 e. The number of carbonyl (C=O) groups is 1. The molecule has 0 radical (unpaired) electrons. The number of carbonyl (C=O) groups excluding carboxylic acids is 1. The summed E-state index contributed by atoms with van der Waals surface area (Å²) >= 11 is 1.29. The molecular weight excluding hydrogens is 460 g/mol. The van der Waals surface area contributed by atoms with Gasteiger partial charge < -0.3 is 4.74 Å². The van der Waals surface area contributed by atoms with E-state index in [1.807, 2.05) is 22.8 Å². The Kier molecular flexibility index (Phi) is 7.39. The molecular formula is C23H24N4O4S2. The molecule has 8 nitrogen and oxygen atoms in total. The largest absolute Gasteiger partial charge is 0.379 e. The molecule has 3 aromatic rings. The third-order valence-electron chi connectivity index (χ3n) is 5.16. The normalized spacial score (nSPS) is 14.8. The zero-order valence-corrected chi connectivity index (χ0v) is 19.6. The van der Waals surface area contributed by atoms with Gasteiger partial charge in [0.15, 0.2) is 16.8 Å². The van der Waals surface area contributed by atoms with Crippen molar-refractivity contribution >= 4 is 27.6 Å². The van der Waals surface area contributed by atoms with Crippen LogP contribution in [0, 0.1) is 0 Å². The number of ketones is 1. The maximum absolute atomic E-state index is 13.1. The minimum atomic E-state index is -3.64. The van der Waals surface area contributed by atoms with Gasteiger partial charge in [0.2, 0.25) is 10.0 Å². The van der Waals surface area contributed by atoms with E-state index in [1.54, 1.807) is 42.5 Å². The number of ether oxygens (including phenoxy) is 1. The Morgan fingerprint density at radius 3 is 2.58 bits per heavy atom. The summed E-state index contributed by atoms with van der Waals surface area (Å²) in [6.45, 7) is 5.65. The van der Waals surface area contributed by atoms with E-state index in [2.05, 4.69) is 16.8 Å². The predicted molar refractivity (Wildman–Crippen MR) is 127 cm³/mol. The van der Waals surface area contributed by atoms with Crippen molar-refractivity contribution < 1.29 is 17.9 Å². The van der Waals surface area contributed by atoms with Crippen molar-refractivity contribution in [1.82, 2.24) is 19.1 Å². The van der Waals surface area contributed by atoms with Gasteiger partial charge in [-0.05, 0) is 12.1 Å². The maximum Gasteiger partial charge on any atom is 0.243 e. The van der Waals surface area contributed by atoms with Gasteiger partial charge in [-0.15, -0.1) is 16.8 Å². The van der Waals surface area contributed by atoms with Gasteiger partial charge in [0.25, 0.3) is 0 Å². The predicted octanol–water partition coefficient (Wildman–Crippen LogP) is 3.13. The van der Waals surface area contributed by atoms with E-state index >= 15 is 0 Å². The van der Waals surface area contributed by atoms with Gasteiger partial charge in [0, 0.05) is 30.8 Å². The van der Waals surface area contributed by atoms with E-state index < -0.39 is 10.0 Å². The van der Waals surface area contributed by atoms with Crippen LogP contribution in [0.4, 0.5) is 0 Å². The molecule has 0 aliphatic carbocycles. The van der Waals surface area contributed by atoms with Crippen LogP contribution in [0.2, 0.25) is 0 Å². The molecule has 0 atom stereocenters. The van der Waals surface area contributed by atoms with Crippen LogP contribution in [-0.2, 0) is 21.3 Å². The van der Waals surface area contributed by atoms with Crippen LogP contribution in [-0.4, -0.2) is 65.3 Å². The minimum absolute atomic E-state index is 0.00564. The van der Waals surface area contributed by atoms with Crippen molar-refractivity contribution in [3.05, 3.63) is 72.8 Å². The van der Waals surface area contributed by atoms with E-state index in [9.17, 15) is 13.2 Å². The smallest absolute Gasteiger partial charge is 0.243 e. The number of benzene rings is 2. The molecule has 0 spiro atoms. The SMILES string of the molecule is C=CCn1c(SCC(=O)c2ccccc2)nnc1-c1cccc(S(=O)(=O)N2CCOCC2)c1. The lowest BCUT2D eigenvalue weighted by Gasteiger charge is -2.26. The zero-order chi connectivity index (χ0) is 23.3. The molecule has 2 aromatic carbocycles. The van der Waals surface area contributed by atoms with Crippen molar-refractivity contribution in [1.29, 1.82) is 0 Å². The average molecular weight is 485 g/mol. The Labute approximate surface area is 197 Å². The molecule has 1 saturated heterocycles. The zero-order valence-electron chi connectivity index (χ0n) is 18.0. The Hall–Kier alpha value is -2.79. The van der Waals surface area contributed by atoms with Gasteiger partial charge in [-0.25, -0.2) is 8.42 Å². The van der Waals surface area contributed by atoms with E-state index in [0.29, 0.717) is 55.0 Å². The van der Waals surface area contributed by atoms with Crippen molar-refractivity contribution in [2.75, 3.05) is 32.1 Å². The molecule has 172 valence electrons. The van der Waals surface area contributed by atoms with Crippen LogP contribution in [0.1, 0.15) is 10.4 Å². The third kappa shape index (κ3) is 5.25. The Morgan fingerprint density at radius 1 is 1.09 bits per heavy atom. The fraction of sp³-hybridized carbons (Fsp3) is 0.261. The first-order chi connectivity index (χ1) is 16.0. The highest BCUT2D eigenvalue weighted by Gasteiger charge is 2.27. The van der Waals surface area contributed by atoms with Crippen molar-refractivity contribution in [2.24, 2.45) is 0 Å². The lowest BCUT2D eigenvalue weighted by Crippen LogP contribution is -2.40. The summed E-state index contributed by atoms with van der Waals surface area (Å²) in [6, 6.07) is 15.8. The van der Waals surface area contributed by atoms with Crippen LogP contribution in [0.15, 0.2) is 77.3 Å². The topological polar surface area (TPSA) is 94.4 Å². The van der Waals surface area contributed by atoms with Crippen LogP contribution >= 0.6 is 11.8 Å². The molecule has 2 heterocycles. The quantitative estimate of drug-likeness (QED) is 0.262. The second kappa shape index (κ2) is 10.4. The van der Waals surface area contributed by atoms with Gasteiger partial charge in [-0.1, -0.05) is 60.3 Å². The van der Waals surface area contributed by atoms with Gasteiger partial charge in [-0.3, -0.25) is 9.36 Å². The van der Waals surface area contributed by atoms with Crippen LogP contribution < -0.4 is 0 Å². The number of hydrogen-bond donors (Lipinski definition) is 0. The molecule has 1 fully saturated rings. The lowest BCUT2D eigenvalue weighted by atomic mass is 10.2. The molecule has 1 aliphatic heterocycles. The summed E-state index contributed by atoms with van der Waals surface area (Å²) < 4.78 is 34.7. The van der Waals surface area contributed by atoms with Crippen molar-refractivity contribution in [3.8, 4) is 11.4 Å². The molecule has 0 saturated carbocycles. The van der Waals surface area contributed by atoms with Crippen LogP contribution in [0.5, 0.6) is 0 Å². The Bertz CT molecular complexity index is 1240. The monoisotopic (exact) mass is 484 g/mol. The van der Waals surface area contributed by atoms with Gasteiger partial charge in [0.05, 0.1) is 23.9 Å². The highest BCUT2D eigenvalue weighted by Crippen LogP contribution is 2.27. The lowest BCUT2D eigenvalue weighted by molar-refractivity contribution is 0.0730. The molecule has 33 heavy (non-hydrogen) atoms. The first-order valence-electron chi connectivity index (χ1n) is 10.4. The number of morpholine rings is 1. The molecule has 10 heteroatoms. The molecule has 1 aliphatic rings. The number of Topliss-reactive ketones (excluding diaryl/α,β-unsaturated/α-hetero) is 1. The molecule has 0 N–H and O–H groups in total. The summed E-state index contributed by atoms with van der Waals surface area (Å²) in [6.07, 6.45) is 1.71. The number of thioether (sulfide) groups is 1. The number of rotatable bonds is 9. The fourth-order valence-electron chi connectivity index (χ4n) is 3.47. The van der Waals surface area contributed by atoms with Crippen molar-refractivity contribution in [3.63, 3.8) is 0 Å². The number of aromatic nitrogens is 3. The van der Waals surface area contributed by atoms with Crippen molar-refractivity contribution in [2.45, 2.75) is 16.6 Å². The average Bonchev–Trinajstić information content (AvgIpc) is 3.26. The summed E-state index contributed by atoms with van der Waals surface area (Å²) in [5, 5.41) is 9.12. The summed E-state index contributed by atoms with van der Waals surface area (Å²) in [7, 11) is -3.64. The van der Waals surface area contributed by atoms with Crippen LogP contribution in [0.25, 0.3) is 11.4 Å². The van der Waals surface area contributed by atoms with E-state index in [0.717, 1.165) is 0 Å². The number of nitrogens with zero attached hydrogens (tertiary/aromatic N) is 4. The standard InChI is InChI=1S/C23H24N4O4S2/c1-2-11-27-22(24-25-23(27)32-17-21(28)18-7-4-3-5-8-18)19-9-6-10-20(16-19)33(29,30)26-12-14-31-15-13-26/h2-10,16H,1,11-15,17H2. The number of allylic oxidation sites excluding steroid dienone is 1.